The van der Waals surface area contributed by atoms with Crippen LogP contribution in [0.2, 0.25) is 0 Å². The fourth-order valence-corrected chi connectivity index (χ4v) is 3.00. The molecule has 0 atom stereocenters. The standard InChI is InChI=1S/C13H11F3N4S.BrH/c1-7-3-4-9(8(2)5-7)10-6-21-12-18-17-11(13(14,15)16)20(12)19-10;/h3-5H,6H2,1-2H3;1H/p-1. The maximum absolute atomic E-state index is 12.9. The van der Waals surface area contributed by atoms with E-state index in [9.17, 15) is 13.2 Å². The van der Waals surface area contributed by atoms with Gasteiger partial charge in [0, 0.05) is 11.3 Å². The van der Waals surface area contributed by atoms with Gasteiger partial charge in [-0.25, -0.2) is 0 Å². The minimum atomic E-state index is -4.57. The Morgan fingerprint density at radius 3 is 2.55 bits per heavy atom. The molecule has 0 aliphatic carbocycles. The molecule has 118 valence electrons. The summed E-state index contributed by atoms with van der Waals surface area (Å²) in [5, 5.41) is 11.0. The molecular weight excluding hydrogens is 381 g/mol. The Morgan fingerprint density at radius 1 is 1.18 bits per heavy atom. The summed E-state index contributed by atoms with van der Waals surface area (Å²) < 4.78 is 39.4. The Balaban J connectivity index is 0.00000176. The van der Waals surface area contributed by atoms with Gasteiger partial charge in [0.2, 0.25) is 5.16 Å². The van der Waals surface area contributed by atoms with Gasteiger partial charge in [0.25, 0.3) is 5.82 Å². The summed E-state index contributed by atoms with van der Waals surface area (Å²) in [6, 6.07) is 5.78. The van der Waals surface area contributed by atoms with Crippen molar-refractivity contribution in [1.29, 1.82) is 0 Å². The largest absolute Gasteiger partial charge is 1.00 e. The number of thioether (sulfide) groups is 1. The van der Waals surface area contributed by atoms with Gasteiger partial charge in [0.15, 0.2) is 0 Å². The zero-order chi connectivity index (χ0) is 15.2. The predicted octanol–water partition coefficient (Wildman–Crippen LogP) is 0.276. The molecule has 9 heteroatoms. The molecule has 0 unspecified atom stereocenters. The van der Waals surface area contributed by atoms with Gasteiger partial charge in [-0.15, -0.1) is 10.2 Å². The summed E-state index contributed by atoms with van der Waals surface area (Å²) in [7, 11) is 0. The minimum Gasteiger partial charge on any atom is -1.00 e. The molecule has 0 bridgehead atoms. The summed E-state index contributed by atoms with van der Waals surface area (Å²) >= 11 is 1.20. The molecule has 0 N–H and O–H groups in total. The molecule has 4 nitrogen and oxygen atoms in total. The van der Waals surface area contributed by atoms with E-state index in [1.807, 2.05) is 32.0 Å². The monoisotopic (exact) mass is 391 g/mol. The van der Waals surface area contributed by atoms with E-state index in [0.29, 0.717) is 11.5 Å². The van der Waals surface area contributed by atoms with E-state index in [0.717, 1.165) is 21.4 Å². The van der Waals surface area contributed by atoms with Crippen LogP contribution in [0.15, 0.2) is 28.5 Å². The number of hydrogen-bond acceptors (Lipinski definition) is 4. The number of fused-ring (bicyclic) bond motifs is 1. The minimum absolute atomic E-state index is 0. The molecule has 3 rings (SSSR count). The molecule has 0 fully saturated rings. The number of hydrogen-bond donors (Lipinski definition) is 0. The van der Waals surface area contributed by atoms with Crippen molar-refractivity contribution in [3.63, 3.8) is 0 Å². The Hall–Kier alpha value is -1.35. The van der Waals surface area contributed by atoms with Gasteiger partial charge in [-0.3, -0.25) is 0 Å². The van der Waals surface area contributed by atoms with E-state index < -0.39 is 12.0 Å². The van der Waals surface area contributed by atoms with Crippen molar-refractivity contribution in [3.05, 3.63) is 40.7 Å². The molecule has 1 aliphatic heterocycles. The van der Waals surface area contributed by atoms with Crippen LogP contribution in [0.1, 0.15) is 22.5 Å². The van der Waals surface area contributed by atoms with Gasteiger partial charge in [0.05, 0.1) is 5.71 Å². The predicted molar refractivity (Wildman–Crippen MR) is 73.6 cm³/mol. The van der Waals surface area contributed by atoms with Crippen molar-refractivity contribution in [2.45, 2.75) is 25.2 Å². The second-order valence-electron chi connectivity index (χ2n) is 4.77. The first-order chi connectivity index (χ1) is 9.86. The van der Waals surface area contributed by atoms with Crippen LogP contribution in [0, 0.1) is 13.8 Å². The van der Waals surface area contributed by atoms with E-state index in [1.54, 1.807) is 0 Å². The zero-order valence-electron chi connectivity index (χ0n) is 11.6. The highest BCUT2D eigenvalue weighted by molar-refractivity contribution is 7.99. The molecule has 1 aliphatic rings. The summed E-state index contributed by atoms with van der Waals surface area (Å²) in [4.78, 5) is 0. The molecule has 0 saturated carbocycles. The van der Waals surface area contributed by atoms with E-state index in [1.165, 1.54) is 11.8 Å². The molecule has 1 aromatic carbocycles. The summed E-state index contributed by atoms with van der Waals surface area (Å²) in [6.45, 7) is 3.88. The SMILES string of the molecule is Cc1ccc(C2=Nn3c(nnc3C(F)(F)F)SC2)c(C)c1.[Br-]. The number of halogens is 4. The normalized spacial score (nSPS) is 14.1. The van der Waals surface area contributed by atoms with Crippen LogP contribution in [-0.2, 0) is 6.18 Å². The van der Waals surface area contributed by atoms with Crippen molar-refractivity contribution in [3.8, 4) is 0 Å². The van der Waals surface area contributed by atoms with Gasteiger partial charge in [-0.2, -0.15) is 22.9 Å². The first kappa shape index (κ1) is 17.0. The van der Waals surface area contributed by atoms with Crippen molar-refractivity contribution in [2.24, 2.45) is 5.10 Å². The van der Waals surface area contributed by atoms with Crippen LogP contribution in [0.5, 0.6) is 0 Å². The number of nitrogens with zero attached hydrogens (tertiary/aromatic N) is 4. The number of rotatable bonds is 1. The number of aromatic nitrogens is 3. The summed E-state index contributed by atoms with van der Waals surface area (Å²) in [5.74, 6) is -0.619. The number of benzene rings is 1. The molecule has 0 amide bonds. The van der Waals surface area contributed by atoms with Crippen molar-refractivity contribution in [1.82, 2.24) is 14.9 Å². The maximum atomic E-state index is 12.9. The number of alkyl halides is 3. The molecule has 2 aromatic rings. The quantitative estimate of drug-likeness (QED) is 0.700. The number of aryl methyl sites for hydroxylation is 2. The lowest BCUT2D eigenvalue weighted by molar-refractivity contribution is -0.147. The lowest BCUT2D eigenvalue weighted by Crippen LogP contribution is -3.00. The highest BCUT2D eigenvalue weighted by Crippen LogP contribution is 2.33. The topological polar surface area (TPSA) is 43.1 Å². The first-order valence-electron chi connectivity index (χ1n) is 6.17. The Kier molecular flexibility index (Phi) is 4.67. The molecule has 2 heterocycles. The van der Waals surface area contributed by atoms with E-state index in [4.69, 9.17) is 0 Å². The maximum Gasteiger partial charge on any atom is 0.453 e. The highest BCUT2D eigenvalue weighted by Gasteiger charge is 2.40. The van der Waals surface area contributed by atoms with Crippen LogP contribution < -0.4 is 17.0 Å². The average molecular weight is 392 g/mol. The van der Waals surface area contributed by atoms with Crippen LogP contribution >= 0.6 is 11.8 Å². The summed E-state index contributed by atoms with van der Waals surface area (Å²) in [5.41, 5.74) is 3.52. The third kappa shape index (κ3) is 3.05. The van der Waals surface area contributed by atoms with Crippen LogP contribution in [0.25, 0.3) is 0 Å². The zero-order valence-corrected chi connectivity index (χ0v) is 14.1. The van der Waals surface area contributed by atoms with Gasteiger partial charge in [-0.1, -0.05) is 35.5 Å². The average Bonchev–Trinajstić information content (AvgIpc) is 2.81. The molecule has 0 spiro atoms. The third-order valence-corrected chi connectivity index (χ3v) is 4.05. The van der Waals surface area contributed by atoms with Gasteiger partial charge >= 0.3 is 6.18 Å². The van der Waals surface area contributed by atoms with Crippen LogP contribution in [0.4, 0.5) is 13.2 Å². The fraction of sp³-hybridized carbons (Fsp3) is 0.308. The smallest absolute Gasteiger partial charge is 0.453 e. The van der Waals surface area contributed by atoms with Gasteiger partial charge in [0.1, 0.15) is 0 Å². The Bertz CT molecular complexity index is 739. The molecule has 22 heavy (non-hydrogen) atoms. The van der Waals surface area contributed by atoms with Crippen molar-refractivity contribution >= 4 is 17.5 Å². The molecular formula is C13H11BrF3N4S-. The van der Waals surface area contributed by atoms with Gasteiger partial charge < -0.3 is 17.0 Å². The highest BCUT2D eigenvalue weighted by atomic mass is 79.9. The van der Waals surface area contributed by atoms with Crippen LogP contribution in [-0.4, -0.2) is 26.3 Å². The Labute approximate surface area is 139 Å². The van der Waals surface area contributed by atoms with Gasteiger partial charge in [-0.05, 0) is 19.4 Å². The molecule has 0 saturated heterocycles. The van der Waals surface area contributed by atoms with Crippen molar-refractivity contribution in [2.75, 3.05) is 5.75 Å². The Morgan fingerprint density at radius 2 is 1.91 bits per heavy atom. The first-order valence-corrected chi connectivity index (χ1v) is 7.15. The van der Waals surface area contributed by atoms with E-state index >= 15 is 0 Å². The van der Waals surface area contributed by atoms with Crippen molar-refractivity contribution < 1.29 is 30.2 Å². The second kappa shape index (κ2) is 6.04. The third-order valence-electron chi connectivity index (χ3n) is 3.12. The van der Waals surface area contributed by atoms with E-state index in [-0.39, 0.29) is 22.1 Å². The van der Waals surface area contributed by atoms with Crippen LogP contribution in [0.3, 0.4) is 0 Å². The molecule has 1 aromatic heterocycles. The molecule has 0 radical (unpaired) electrons. The summed E-state index contributed by atoms with van der Waals surface area (Å²) in [6.07, 6.45) is -4.57. The second-order valence-corrected chi connectivity index (χ2v) is 5.71. The lowest BCUT2D eigenvalue weighted by Gasteiger charge is -2.16. The lowest BCUT2D eigenvalue weighted by atomic mass is 10.0. The van der Waals surface area contributed by atoms with E-state index in [2.05, 4.69) is 15.3 Å². The fourth-order valence-electron chi connectivity index (χ4n) is 2.17.